The number of nitrogens with zero attached hydrogens (tertiary/aromatic N) is 1. The van der Waals surface area contributed by atoms with Gasteiger partial charge in [-0.3, -0.25) is 28.9 Å². The fraction of sp³-hybridized carbons (Fsp3) is 0.784. The third-order valence-corrected chi connectivity index (χ3v) is 7.30. The molecule has 0 radical (unpaired) electrons. The predicted molar refractivity (Wildman–Crippen MR) is 202 cm³/mol. The maximum atomic E-state index is 12.9. The van der Waals surface area contributed by atoms with Crippen molar-refractivity contribution in [2.45, 2.75) is 64.5 Å². The number of alkyl carbamates (subject to hydrolysis) is 1. The molecule has 0 aromatic carbocycles. The molecular weight excluding hydrogens is 756 g/mol. The largest absolute Gasteiger partial charge is 0.481 e. The quantitative estimate of drug-likeness (QED) is 0.0483. The summed E-state index contributed by atoms with van der Waals surface area (Å²) in [6.45, 7) is 11.2. The highest BCUT2D eigenvalue weighted by atomic mass is 16.6. The first-order valence-corrected chi connectivity index (χ1v) is 19.3. The molecule has 1 aliphatic rings. The van der Waals surface area contributed by atoms with Crippen molar-refractivity contribution in [2.24, 2.45) is 0 Å². The summed E-state index contributed by atoms with van der Waals surface area (Å²) < 4.78 is 48.4. The van der Waals surface area contributed by atoms with Gasteiger partial charge in [0.25, 0.3) is 11.8 Å². The van der Waals surface area contributed by atoms with Crippen molar-refractivity contribution in [1.82, 2.24) is 20.9 Å². The Kier molecular flexibility index (Phi) is 29.9. The molecule has 0 aromatic rings. The van der Waals surface area contributed by atoms with E-state index >= 15 is 0 Å². The van der Waals surface area contributed by atoms with Gasteiger partial charge < -0.3 is 63.7 Å². The third kappa shape index (κ3) is 31.0. The Bertz CT molecular complexity index is 1160. The first kappa shape index (κ1) is 51.3. The van der Waals surface area contributed by atoms with Gasteiger partial charge in [0, 0.05) is 31.7 Å². The number of unbranched alkanes of at least 4 members (excludes halogenated alkanes) is 2. The molecule has 1 rings (SSSR count). The number of aliphatic carboxylic acids is 1. The Morgan fingerprint density at radius 2 is 1.05 bits per heavy atom. The van der Waals surface area contributed by atoms with Crippen LogP contribution in [0.1, 0.15) is 52.9 Å². The number of carbonyl (C=O) groups is 6. The van der Waals surface area contributed by atoms with Crippen LogP contribution in [0.15, 0.2) is 12.2 Å². The summed E-state index contributed by atoms with van der Waals surface area (Å²) >= 11 is 0. The van der Waals surface area contributed by atoms with Crippen LogP contribution in [0, 0.1) is 0 Å². The minimum Gasteiger partial charge on any atom is -0.481 e. The molecule has 1 atom stereocenters. The van der Waals surface area contributed by atoms with E-state index in [1.807, 2.05) is 0 Å². The Morgan fingerprint density at radius 1 is 0.614 bits per heavy atom. The van der Waals surface area contributed by atoms with Crippen molar-refractivity contribution in [1.29, 1.82) is 0 Å². The zero-order valence-electron chi connectivity index (χ0n) is 33.7. The molecule has 0 aromatic heterocycles. The van der Waals surface area contributed by atoms with E-state index < -0.39 is 29.6 Å². The predicted octanol–water partition coefficient (Wildman–Crippen LogP) is 0.205. The number of hydrogen-bond acceptors (Lipinski definition) is 15. The molecule has 5 amide bonds. The number of carbonyl (C=O) groups excluding carboxylic acids is 5. The van der Waals surface area contributed by atoms with Gasteiger partial charge >= 0.3 is 12.1 Å². The van der Waals surface area contributed by atoms with Gasteiger partial charge in [0.1, 0.15) is 11.6 Å². The van der Waals surface area contributed by atoms with Gasteiger partial charge in [-0.25, -0.2) is 4.79 Å². The maximum absolute atomic E-state index is 12.9. The van der Waals surface area contributed by atoms with Crippen molar-refractivity contribution in [2.75, 3.05) is 125 Å². The van der Waals surface area contributed by atoms with Gasteiger partial charge in [-0.1, -0.05) is 6.42 Å². The van der Waals surface area contributed by atoms with E-state index in [0.717, 1.165) is 4.90 Å². The van der Waals surface area contributed by atoms with Crippen molar-refractivity contribution >= 4 is 35.7 Å². The highest BCUT2D eigenvalue weighted by molar-refractivity contribution is 6.12. The zero-order valence-corrected chi connectivity index (χ0v) is 33.7. The number of rotatable bonds is 37. The number of amides is 5. The lowest BCUT2D eigenvalue weighted by molar-refractivity contribution is -0.139. The molecule has 4 N–H and O–H groups in total. The third-order valence-electron chi connectivity index (χ3n) is 7.30. The molecule has 1 unspecified atom stereocenters. The molecule has 0 fully saturated rings. The van der Waals surface area contributed by atoms with Crippen molar-refractivity contribution in [3.8, 4) is 0 Å². The van der Waals surface area contributed by atoms with Crippen LogP contribution >= 0.6 is 0 Å². The maximum Gasteiger partial charge on any atom is 0.407 e. The standard InChI is InChI=1S/C37H64N4O16/c1-37(2,3)57-36(48)39-29-30(40-31(42)7-5-4-6-12-41-32(43)8-9-33(41)44)35(47)38-11-14-50-16-18-52-20-22-54-24-26-56-28-27-55-25-23-53-21-19-51-17-15-49-13-10-34(45)46/h8-9,30H,4-7,10-29H2,1-3H3,(H,38,47)(H,39,48)(H,40,42)(H,45,46). The van der Waals surface area contributed by atoms with Gasteiger partial charge in [0.05, 0.1) is 119 Å². The lowest BCUT2D eigenvalue weighted by Crippen LogP contribution is -2.53. The molecule has 1 aliphatic heterocycles. The highest BCUT2D eigenvalue weighted by Gasteiger charge is 2.24. The average Bonchev–Trinajstić information content (AvgIpc) is 3.47. The Hall–Kier alpha value is -3.76. The molecule has 0 spiro atoms. The van der Waals surface area contributed by atoms with Crippen LogP contribution in [0.3, 0.4) is 0 Å². The minimum atomic E-state index is -1.06. The fourth-order valence-electron chi connectivity index (χ4n) is 4.53. The lowest BCUT2D eigenvalue weighted by atomic mass is 10.1. The van der Waals surface area contributed by atoms with Crippen LogP contribution in [-0.4, -0.2) is 183 Å². The number of ether oxygens (including phenoxy) is 9. The summed E-state index contributed by atoms with van der Waals surface area (Å²) in [4.78, 5) is 72.5. The number of carboxylic acid groups (broad SMARTS) is 1. The highest BCUT2D eigenvalue weighted by Crippen LogP contribution is 2.08. The Labute approximate surface area is 334 Å². The summed E-state index contributed by atoms with van der Waals surface area (Å²) in [6.07, 6.45) is 3.43. The van der Waals surface area contributed by atoms with Crippen LogP contribution in [-0.2, 0) is 66.6 Å². The van der Waals surface area contributed by atoms with Crippen molar-refractivity contribution in [3.05, 3.63) is 12.2 Å². The van der Waals surface area contributed by atoms with Crippen LogP contribution in [0.25, 0.3) is 0 Å². The molecule has 57 heavy (non-hydrogen) atoms. The van der Waals surface area contributed by atoms with Crippen LogP contribution in [0.5, 0.6) is 0 Å². The smallest absolute Gasteiger partial charge is 0.407 e. The average molecular weight is 821 g/mol. The topological polar surface area (TPSA) is 245 Å². The first-order chi connectivity index (χ1) is 27.4. The second-order valence-electron chi connectivity index (χ2n) is 13.3. The molecule has 328 valence electrons. The molecule has 20 heteroatoms. The Balaban J connectivity index is 2.03. The SMILES string of the molecule is CC(C)(C)OC(=O)NCC(NC(=O)CCCCCN1C(=O)C=CC1=O)C(=O)NCCOCCOCCOCCOCCOCCOCCOCCOCCC(=O)O. The van der Waals surface area contributed by atoms with Gasteiger partial charge in [-0.05, 0) is 33.6 Å². The van der Waals surface area contributed by atoms with E-state index in [4.69, 9.17) is 47.7 Å². The van der Waals surface area contributed by atoms with Gasteiger partial charge in [0.2, 0.25) is 11.8 Å². The summed E-state index contributed by atoms with van der Waals surface area (Å²) in [6, 6.07) is -1.06. The van der Waals surface area contributed by atoms with E-state index in [9.17, 15) is 28.8 Å². The van der Waals surface area contributed by atoms with E-state index in [1.165, 1.54) is 12.2 Å². The second kappa shape index (κ2) is 33.2. The molecule has 0 saturated heterocycles. The lowest BCUT2D eigenvalue weighted by Gasteiger charge is -2.22. The molecular formula is C37H64N4O16. The van der Waals surface area contributed by atoms with Gasteiger partial charge in [0.15, 0.2) is 0 Å². The van der Waals surface area contributed by atoms with Gasteiger partial charge in [-0.15, -0.1) is 0 Å². The van der Waals surface area contributed by atoms with E-state index in [2.05, 4.69) is 16.0 Å². The van der Waals surface area contributed by atoms with E-state index in [1.54, 1.807) is 20.8 Å². The summed E-state index contributed by atoms with van der Waals surface area (Å²) in [5.74, 6) is -2.48. The number of carboxylic acids is 1. The van der Waals surface area contributed by atoms with E-state index in [0.29, 0.717) is 112 Å². The molecule has 0 bridgehead atoms. The summed E-state index contributed by atoms with van der Waals surface area (Å²) in [7, 11) is 0. The normalized spacial score (nSPS) is 13.2. The van der Waals surface area contributed by atoms with Crippen molar-refractivity contribution < 1.29 is 76.5 Å². The van der Waals surface area contributed by atoms with Gasteiger partial charge in [-0.2, -0.15) is 0 Å². The summed E-state index contributed by atoms with van der Waals surface area (Å²) in [5, 5.41) is 16.4. The second-order valence-corrected chi connectivity index (χ2v) is 13.3. The van der Waals surface area contributed by atoms with Crippen LogP contribution in [0.2, 0.25) is 0 Å². The zero-order chi connectivity index (χ0) is 42.0. The van der Waals surface area contributed by atoms with Crippen LogP contribution < -0.4 is 16.0 Å². The van der Waals surface area contributed by atoms with Crippen LogP contribution in [0.4, 0.5) is 4.79 Å². The molecule has 0 saturated carbocycles. The summed E-state index contributed by atoms with van der Waals surface area (Å²) in [5.41, 5.74) is -0.741. The molecule has 1 heterocycles. The number of hydrogen-bond donors (Lipinski definition) is 4. The monoisotopic (exact) mass is 820 g/mol. The number of imide groups is 1. The molecule has 0 aliphatic carbocycles. The Morgan fingerprint density at radius 3 is 1.49 bits per heavy atom. The first-order valence-electron chi connectivity index (χ1n) is 19.3. The molecule has 20 nitrogen and oxygen atoms in total. The van der Waals surface area contributed by atoms with Crippen molar-refractivity contribution in [3.63, 3.8) is 0 Å². The van der Waals surface area contributed by atoms with E-state index in [-0.39, 0.29) is 63.4 Å². The minimum absolute atomic E-state index is 0.0244. The number of nitrogens with one attached hydrogen (secondary N) is 3. The fourth-order valence-corrected chi connectivity index (χ4v) is 4.53.